The SMILES string of the molecule is Cc1cc(C)c2c(c1C)c1c3c(cc[n+]1C)cc(I)c1c4cccc(C)c4n2c13. The minimum absolute atomic E-state index is 1.32. The number of hydrogen-bond acceptors (Lipinski definition) is 0. The molecule has 3 aromatic carbocycles. The summed E-state index contributed by atoms with van der Waals surface area (Å²) in [5.41, 5.74) is 10.8. The first-order valence-corrected chi connectivity index (χ1v) is 11.1. The lowest BCUT2D eigenvalue weighted by Crippen LogP contribution is -2.29. The molecule has 3 heterocycles. The molecule has 0 N–H and O–H groups in total. The van der Waals surface area contributed by atoms with Gasteiger partial charge in [0.1, 0.15) is 7.05 Å². The average molecular weight is 489 g/mol. The number of rotatable bonds is 0. The number of hydrogen-bond donors (Lipinski definition) is 0. The normalized spacial score (nSPS) is 12.5. The van der Waals surface area contributed by atoms with Crippen LogP contribution in [0.4, 0.5) is 0 Å². The minimum atomic E-state index is 1.32. The number of pyridine rings is 2. The van der Waals surface area contributed by atoms with Crippen LogP contribution in [0, 0.1) is 31.3 Å². The highest BCUT2D eigenvalue weighted by Gasteiger charge is 2.26. The molecule has 0 radical (unpaired) electrons. The van der Waals surface area contributed by atoms with Crippen LogP contribution in [0.2, 0.25) is 0 Å². The fourth-order valence-corrected chi connectivity index (χ4v) is 6.29. The van der Waals surface area contributed by atoms with Gasteiger partial charge in [-0.25, -0.2) is 4.57 Å². The lowest BCUT2D eigenvalue weighted by atomic mass is 9.95. The van der Waals surface area contributed by atoms with Gasteiger partial charge in [0.2, 0.25) is 5.52 Å². The van der Waals surface area contributed by atoms with Crippen LogP contribution in [-0.2, 0) is 7.05 Å². The van der Waals surface area contributed by atoms with Gasteiger partial charge in [-0.3, -0.25) is 0 Å². The van der Waals surface area contributed by atoms with Gasteiger partial charge >= 0.3 is 0 Å². The molecule has 0 fully saturated rings. The molecule has 0 aliphatic heterocycles. The van der Waals surface area contributed by atoms with Crippen molar-refractivity contribution in [3.05, 3.63) is 68.4 Å². The molecule has 3 heteroatoms. The van der Waals surface area contributed by atoms with Crippen LogP contribution in [0.25, 0.3) is 49.0 Å². The van der Waals surface area contributed by atoms with Crippen molar-refractivity contribution in [1.82, 2.24) is 4.40 Å². The summed E-state index contributed by atoms with van der Waals surface area (Å²) in [7, 11) is 2.18. The lowest BCUT2D eigenvalue weighted by molar-refractivity contribution is -0.643. The molecule has 0 unspecified atom stereocenters. The van der Waals surface area contributed by atoms with Gasteiger partial charge in [-0.2, -0.15) is 0 Å². The Morgan fingerprint density at radius 2 is 1.59 bits per heavy atom. The average Bonchev–Trinajstić information content (AvgIpc) is 3.04. The van der Waals surface area contributed by atoms with E-state index in [-0.39, 0.29) is 0 Å². The van der Waals surface area contributed by atoms with Gasteiger partial charge in [0, 0.05) is 20.4 Å². The van der Waals surface area contributed by atoms with E-state index in [1.165, 1.54) is 74.8 Å². The molecular formula is C26H22IN2+. The van der Waals surface area contributed by atoms with Crippen molar-refractivity contribution in [2.45, 2.75) is 27.7 Å². The number of aryl methyl sites for hydroxylation is 5. The van der Waals surface area contributed by atoms with Gasteiger partial charge in [-0.1, -0.05) is 24.3 Å². The number of aromatic nitrogens is 2. The molecule has 29 heavy (non-hydrogen) atoms. The van der Waals surface area contributed by atoms with Crippen LogP contribution in [-0.4, -0.2) is 4.40 Å². The monoisotopic (exact) mass is 489 g/mol. The molecule has 0 saturated heterocycles. The fourth-order valence-electron chi connectivity index (χ4n) is 5.40. The third kappa shape index (κ3) is 1.99. The maximum Gasteiger partial charge on any atom is 0.224 e. The van der Waals surface area contributed by atoms with Gasteiger partial charge in [-0.15, -0.1) is 0 Å². The van der Waals surface area contributed by atoms with Crippen molar-refractivity contribution in [2.75, 3.05) is 0 Å². The van der Waals surface area contributed by atoms with Crippen molar-refractivity contribution in [1.29, 1.82) is 0 Å². The summed E-state index contributed by atoms with van der Waals surface area (Å²) in [6, 6.07) is 13.7. The first kappa shape index (κ1) is 17.5. The highest BCUT2D eigenvalue weighted by molar-refractivity contribution is 14.1. The molecule has 2 nitrogen and oxygen atoms in total. The van der Waals surface area contributed by atoms with Crippen molar-refractivity contribution in [3.8, 4) is 0 Å². The quantitative estimate of drug-likeness (QED) is 0.0977. The molecule has 3 aromatic heterocycles. The second kappa shape index (κ2) is 5.60. The molecule has 0 atom stereocenters. The van der Waals surface area contributed by atoms with Crippen LogP contribution in [0.5, 0.6) is 0 Å². The van der Waals surface area contributed by atoms with Crippen LogP contribution in [0.3, 0.4) is 0 Å². The molecule has 0 spiro atoms. The Kier molecular flexibility index (Phi) is 3.37. The van der Waals surface area contributed by atoms with E-state index in [2.05, 4.69) is 109 Å². The third-order valence-electron chi connectivity index (χ3n) is 6.78. The number of nitrogens with zero attached hydrogens (tertiary/aromatic N) is 2. The lowest BCUT2D eigenvalue weighted by Gasteiger charge is -2.16. The zero-order chi connectivity index (χ0) is 20.2. The van der Waals surface area contributed by atoms with Crippen LogP contribution in [0.15, 0.2) is 42.6 Å². The second-order valence-corrected chi connectivity index (χ2v) is 9.65. The molecule has 6 aromatic rings. The molecule has 6 rings (SSSR count). The summed E-state index contributed by atoms with van der Waals surface area (Å²) >= 11 is 2.52. The Morgan fingerprint density at radius 1 is 0.793 bits per heavy atom. The number of halogens is 1. The Bertz CT molecular complexity index is 1650. The summed E-state index contributed by atoms with van der Waals surface area (Å²) < 4.78 is 6.20. The summed E-state index contributed by atoms with van der Waals surface area (Å²) in [4.78, 5) is 0. The molecular weight excluding hydrogens is 467 g/mol. The zero-order valence-corrected chi connectivity index (χ0v) is 19.5. The third-order valence-corrected chi connectivity index (χ3v) is 7.63. The first-order chi connectivity index (χ1) is 13.9. The number of para-hydroxylation sites is 1. The van der Waals surface area contributed by atoms with Crippen molar-refractivity contribution in [2.24, 2.45) is 7.05 Å². The Morgan fingerprint density at radius 3 is 2.38 bits per heavy atom. The van der Waals surface area contributed by atoms with E-state index in [1.54, 1.807) is 0 Å². The van der Waals surface area contributed by atoms with Crippen LogP contribution < -0.4 is 4.57 Å². The summed E-state index contributed by atoms with van der Waals surface area (Å²) in [6.45, 7) is 9.02. The van der Waals surface area contributed by atoms with E-state index in [1.807, 2.05) is 0 Å². The standard InChI is InChI=1S/C26H22IN2/c1-13-7-6-8-18-22-19(27)12-17-9-10-28(5)25-20-16(4)14(2)11-15(3)24(20)29(23(13)18)26(22)21(17)25/h6-12H,1-5H3/q+1. The largest absolute Gasteiger partial charge is 0.307 e. The highest BCUT2D eigenvalue weighted by Crippen LogP contribution is 2.44. The molecule has 0 saturated carbocycles. The minimum Gasteiger partial charge on any atom is -0.307 e. The fraction of sp³-hybridized carbons (Fsp3) is 0.192. The van der Waals surface area contributed by atoms with Crippen LogP contribution >= 0.6 is 22.6 Å². The van der Waals surface area contributed by atoms with Crippen molar-refractivity contribution >= 4 is 71.6 Å². The summed E-state index contributed by atoms with van der Waals surface area (Å²) in [5.74, 6) is 0. The Hall–Kier alpha value is -2.40. The maximum absolute atomic E-state index is 2.56. The van der Waals surface area contributed by atoms with E-state index < -0.39 is 0 Å². The van der Waals surface area contributed by atoms with E-state index in [0.717, 1.165) is 0 Å². The molecule has 0 aliphatic carbocycles. The molecule has 0 amide bonds. The van der Waals surface area contributed by atoms with Gasteiger partial charge in [0.05, 0.1) is 27.3 Å². The predicted molar refractivity (Wildman–Crippen MR) is 131 cm³/mol. The zero-order valence-electron chi connectivity index (χ0n) is 17.3. The number of fused-ring (bicyclic) bond motifs is 6. The van der Waals surface area contributed by atoms with Gasteiger partial charge < -0.3 is 4.40 Å². The molecule has 142 valence electrons. The van der Waals surface area contributed by atoms with E-state index >= 15 is 0 Å². The predicted octanol–water partition coefficient (Wildman–Crippen LogP) is 6.65. The van der Waals surface area contributed by atoms with Crippen molar-refractivity contribution < 1.29 is 4.57 Å². The molecule has 0 aliphatic rings. The summed E-state index contributed by atoms with van der Waals surface area (Å²) in [5, 5.41) is 6.82. The van der Waals surface area contributed by atoms with E-state index in [0.29, 0.717) is 0 Å². The summed E-state index contributed by atoms with van der Waals surface area (Å²) in [6.07, 6.45) is 2.21. The molecule has 0 bridgehead atoms. The Balaban J connectivity index is 2.20. The number of benzene rings is 3. The second-order valence-electron chi connectivity index (χ2n) is 8.49. The topological polar surface area (TPSA) is 8.29 Å². The van der Waals surface area contributed by atoms with E-state index in [9.17, 15) is 0 Å². The highest BCUT2D eigenvalue weighted by atomic mass is 127. The van der Waals surface area contributed by atoms with Gasteiger partial charge in [0.15, 0.2) is 6.20 Å². The van der Waals surface area contributed by atoms with Gasteiger partial charge in [-0.05, 0) is 84.0 Å². The van der Waals surface area contributed by atoms with Crippen LogP contribution in [0.1, 0.15) is 22.3 Å². The van der Waals surface area contributed by atoms with Gasteiger partial charge in [0.25, 0.3) is 0 Å². The van der Waals surface area contributed by atoms with E-state index in [4.69, 9.17) is 0 Å². The first-order valence-electron chi connectivity index (χ1n) is 10.1. The van der Waals surface area contributed by atoms with Crippen molar-refractivity contribution in [3.63, 3.8) is 0 Å². The smallest absolute Gasteiger partial charge is 0.224 e. The maximum atomic E-state index is 2.56. The Labute approximate surface area is 183 Å².